The number of aliphatic imine (C=N–C) groups is 1. The maximum absolute atomic E-state index is 13.4. The summed E-state index contributed by atoms with van der Waals surface area (Å²) < 4.78 is 26.3. The summed E-state index contributed by atoms with van der Waals surface area (Å²) in [5, 5.41) is 0. The van der Waals surface area contributed by atoms with Crippen LogP contribution >= 0.6 is 0 Å². The Morgan fingerprint density at radius 2 is 1.87 bits per heavy atom. The molecule has 0 amide bonds. The Morgan fingerprint density at radius 1 is 1.20 bits per heavy atom. The standard InChI is InChI=1S/C12H13F2N/c1-12(2,3)11-6-8-9(14)4-7(13)5-10(8)15-11/h4-5H,6H2,1-3H3. The molecular weight excluding hydrogens is 196 g/mol. The maximum Gasteiger partial charge on any atom is 0.131 e. The van der Waals surface area contributed by atoms with E-state index < -0.39 is 11.6 Å². The minimum absolute atomic E-state index is 0.0953. The molecule has 0 saturated carbocycles. The fourth-order valence-electron chi connectivity index (χ4n) is 1.65. The van der Waals surface area contributed by atoms with Gasteiger partial charge in [-0.05, 0) is 6.07 Å². The molecule has 2 rings (SSSR count). The molecule has 0 bridgehead atoms. The van der Waals surface area contributed by atoms with E-state index in [1.165, 1.54) is 6.07 Å². The Bertz CT molecular complexity index is 442. The lowest BCUT2D eigenvalue weighted by Crippen LogP contribution is -2.20. The van der Waals surface area contributed by atoms with Crippen LogP contribution in [-0.2, 0) is 6.42 Å². The van der Waals surface area contributed by atoms with Crippen LogP contribution in [-0.4, -0.2) is 5.71 Å². The highest BCUT2D eigenvalue weighted by molar-refractivity contribution is 5.97. The molecule has 1 aliphatic heterocycles. The summed E-state index contributed by atoms with van der Waals surface area (Å²) in [4.78, 5) is 4.28. The first kappa shape index (κ1) is 10.3. The van der Waals surface area contributed by atoms with Crippen molar-refractivity contribution in [2.24, 2.45) is 10.4 Å². The Morgan fingerprint density at radius 3 is 2.47 bits per heavy atom. The Kier molecular flexibility index (Phi) is 2.14. The second-order valence-electron chi connectivity index (χ2n) is 4.87. The van der Waals surface area contributed by atoms with Crippen LogP contribution in [0.4, 0.5) is 14.5 Å². The number of nitrogens with zero attached hydrogens (tertiary/aromatic N) is 1. The molecule has 3 heteroatoms. The van der Waals surface area contributed by atoms with Crippen molar-refractivity contribution in [2.45, 2.75) is 27.2 Å². The molecular formula is C12H13F2N. The van der Waals surface area contributed by atoms with Crippen LogP contribution in [0.25, 0.3) is 0 Å². The third-order valence-corrected chi connectivity index (χ3v) is 2.60. The first-order valence-electron chi connectivity index (χ1n) is 4.94. The molecule has 0 aromatic heterocycles. The highest BCUT2D eigenvalue weighted by Gasteiger charge is 2.27. The summed E-state index contributed by atoms with van der Waals surface area (Å²) in [6.45, 7) is 6.06. The third-order valence-electron chi connectivity index (χ3n) is 2.60. The van der Waals surface area contributed by atoms with E-state index in [2.05, 4.69) is 4.99 Å². The molecule has 1 nitrogen and oxygen atoms in total. The van der Waals surface area contributed by atoms with Gasteiger partial charge in [0, 0.05) is 29.2 Å². The lowest BCUT2D eigenvalue weighted by molar-refractivity contribution is 0.571. The van der Waals surface area contributed by atoms with E-state index in [4.69, 9.17) is 0 Å². The van der Waals surface area contributed by atoms with Crippen molar-refractivity contribution in [3.63, 3.8) is 0 Å². The van der Waals surface area contributed by atoms with Gasteiger partial charge in [0.05, 0.1) is 5.69 Å². The van der Waals surface area contributed by atoms with Gasteiger partial charge in [-0.25, -0.2) is 8.78 Å². The van der Waals surface area contributed by atoms with Crippen molar-refractivity contribution in [1.29, 1.82) is 0 Å². The summed E-state index contributed by atoms with van der Waals surface area (Å²) in [6.07, 6.45) is 0.491. The van der Waals surface area contributed by atoms with Crippen molar-refractivity contribution in [2.75, 3.05) is 0 Å². The molecule has 1 aliphatic rings. The number of halogens is 2. The molecule has 0 fully saturated rings. The van der Waals surface area contributed by atoms with Gasteiger partial charge in [0.1, 0.15) is 11.6 Å². The molecule has 1 heterocycles. The van der Waals surface area contributed by atoms with Gasteiger partial charge in [-0.3, -0.25) is 4.99 Å². The summed E-state index contributed by atoms with van der Waals surface area (Å²) in [6, 6.07) is 2.21. The quantitative estimate of drug-likeness (QED) is 0.618. The summed E-state index contributed by atoms with van der Waals surface area (Å²) in [5.41, 5.74) is 1.77. The van der Waals surface area contributed by atoms with Crippen molar-refractivity contribution in [3.8, 4) is 0 Å². The summed E-state index contributed by atoms with van der Waals surface area (Å²) in [5.74, 6) is -1.06. The molecule has 0 N–H and O–H groups in total. The van der Waals surface area contributed by atoms with Gasteiger partial charge in [0.2, 0.25) is 0 Å². The fraction of sp³-hybridized carbons (Fsp3) is 0.417. The van der Waals surface area contributed by atoms with Gasteiger partial charge in [0.25, 0.3) is 0 Å². The smallest absolute Gasteiger partial charge is 0.131 e. The lowest BCUT2D eigenvalue weighted by Gasteiger charge is -2.17. The van der Waals surface area contributed by atoms with Crippen LogP contribution in [0.5, 0.6) is 0 Å². The Hall–Kier alpha value is -1.25. The summed E-state index contributed by atoms with van der Waals surface area (Å²) in [7, 11) is 0. The molecule has 0 radical (unpaired) electrons. The average molecular weight is 209 g/mol. The zero-order valence-electron chi connectivity index (χ0n) is 9.06. The first-order valence-corrected chi connectivity index (χ1v) is 4.94. The van der Waals surface area contributed by atoms with Crippen LogP contribution < -0.4 is 0 Å². The molecule has 0 aliphatic carbocycles. The lowest BCUT2D eigenvalue weighted by atomic mass is 9.87. The molecule has 80 valence electrons. The zero-order valence-corrected chi connectivity index (χ0v) is 9.06. The van der Waals surface area contributed by atoms with Gasteiger partial charge in [0.15, 0.2) is 0 Å². The second-order valence-corrected chi connectivity index (χ2v) is 4.87. The first-order chi connectivity index (χ1) is 6.88. The molecule has 1 aromatic rings. The van der Waals surface area contributed by atoms with E-state index in [9.17, 15) is 8.78 Å². The van der Waals surface area contributed by atoms with E-state index in [1.54, 1.807) is 0 Å². The second kappa shape index (κ2) is 3.12. The SMILES string of the molecule is CC(C)(C)C1=Nc2cc(F)cc(F)c2C1. The van der Waals surface area contributed by atoms with E-state index in [1.807, 2.05) is 20.8 Å². The third kappa shape index (κ3) is 1.78. The monoisotopic (exact) mass is 209 g/mol. The fourth-order valence-corrected chi connectivity index (χ4v) is 1.65. The number of fused-ring (bicyclic) bond motifs is 1. The highest BCUT2D eigenvalue weighted by atomic mass is 19.1. The van der Waals surface area contributed by atoms with Gasteiger partial charge in [-0.2, -0.15) is 0 Å². The number of hydrogen-bond acceptors (Lipinski definition) is 1. The van der Waals surface area contributed by atoms with Crippen molar-refractivity contribution < 1.29 is 8.78 Å². The van der Waals surface area contributed by atoms with Crippen molar-refractivity contribution in [3.05, 3.63) is 29.3 Å². The summed E-state index contributed by atoms with van der Waals surface area (Å²) >= 11 is 0. The molecule has 15 heavy (non-hydrogen) atoms. The minimum Gasteiger partial charge on any atom is -0.256 e. The predicted molar refractivity (Wildman–Crippen MR) is 56.6 cm³/mol. The Labute approximate surface area is 87.8 Å². The van der Waals surface area contributed by atoms with E-state index >= 15 is 0 Å². The van der Waals surface area contributed by atoms with Gasteiger partial charge in [-0.1, -0.05) is 20.8 Å². The van der Waals surface area contributed by atoms with E-state index in [0.29, 0.717) is 17.7 Å². The number of hydrogen-bond donors (Lipinski definition) is 0. The highest BCUT2D eigenvalue weighted by Crippen LogP contribution is 2.35. The van der Waals surface area contributed by atoms with Crippen LogP contribution in [0, 0.1) is 17.0 Å². The van der Waals surface area contributed by atoms with Crippen LogP contribution in [0.3, 0.4) is 0 Å². The zero-order chi connectivity index (χ0) is 11.2. The molecule has 0 saturated heterocycles. The van der Waals surface area contributed by atoms with Crippen LogP contribution in [0.2, 0.25) is 0 Å². The van der Waals surface area contributed by atoms with Crippen molar-refractivity contribution >= 4 is 11.4 Å². The average Bonchev–Trinajstić information content (AvgIpc) is 2.46. The molecule has 1 aromatic carbocycles. The number of benzene rings is 1. The van der Waals surface area contributed by atoms with E-state index in [0.717, 1.165) is 11.8 Å². The van der Waals surface area contributed by atoms with Gasteiger partial charge < -0.3 is 0 Å². The van der Waals surface area contributed by atoms with Crippen LogP contribution in [0.1, 0.15) is 26.3 Å². The van der Waals surface area contributed by atoms with Crippen LogP contribution in [0.15, 0.2) is 17.1 Å². The van der Waals surface area contributed by atoms with Gasteiger partial charge >= 0.3 is 0 Å². The topological polar surface area (TPSA) is 12.4 Å². The maximum atomic E-state index is 13.4. The predicted octanol–water partition coefficient (Wildman–Crippen LogP) is 3.64. The largest absolute Gasteiger partial charge is 0.256 e. The molecule has 0 atom stereocenters. The van der Waals surface area contributed by atoms with Crippen molar-refractivity contribution in [1.82, 2.24) is 0 Å². The molecule has 0 spiro atoms. The van der Waals surface area contributed by atoms with Gasteiger partial charge in [-0.15, -0.1) is 0 Å². The normalized spacial score (nSPS) is 15.1. The minimum atomic E-state index is -0.565. The molecule has 0 unspecified atom stereocenters. The number of rotatable bonds is 0. The Balaban J connectivity index is 2.47. The van der Waals surface area contributed by atoms with E-state index in [-0.39, 0.29) is 5.41 Å².